The molecule has 8 heteroatoms. The number of halogens is 1. The first-order valence-corrected chi connectivity index (χ1v) is 7.87. The predicted octanol–water partition coefficient (Wildman–Crippen LogP) is 0.833. The van der Waals surface area contributed by atoms with Gasteiger partial charge < -0.3 is 20.1 Å². The highest BCUT2D eigenvalue weighted by atomic mass is 127. The van der Waals surface area contributed by atoms with Gasteiger partial charge in [0.25, 0.3) is 0 Å². The average molecular weight is 442 g/mol. The van der Waals surface area contributed by atoms with Crippen molar-refractivity contribution in [2.45, 2.75) is 32.8 Å². The molecule has 0 atom stereocenters. The lowest BCUT2D eigenvalue weighted by atomic mass is 10.2. The zero-order valence-electron chi connectivity index (χ0n) is 14.7. The number of carbonyl (C=O) groups excluding carboxylic acids is 1. The van der Waals surface area contributed by atoms with E-state index in [9.17, 15) is 4.79 Å². The molecule has 0 amide bonds. The summed E-state index contributed by atoms with van der Waals surface area (Å²) in [6, 6.07) is 0. The maximum Gasteiger partial charge on any atom is 0.308 e. The number of aliphatic imine (C=N–C) groups is 1. The Bertz CT molecular complexity index is 366. The number of hydrogen-bond acceptors (Lipinski definition) is 5. The standard InChI is InChI=1S/C15H30N4O3.HI/c1-15(2,3)22-13(20)5-6-17-14(16-4)18-7-8-19-9-11-21-12-10-19;/h5-12H2,1-4H3,(H2,16,17,18);1H. The molecule has 0 spiro atoms. The molecule has 1 saturated heterocycles. The Balaban J connectivity index is 0.00000484. The molecule has 23 heavy (non-hydrogen) atoms. The number of esters is 1. The molecule has 7 nitrogen and oxygen atoms in total. The third-order valence-corrected chi connectivity index (χ3v) is 3.09. The third kappa shape index (κ3) is 11.5. The first-order chi connectivity index (χ1) is 10.4. The Kier molecular flexibility index (Phi) is 11.5. The third-order valence-electron chi connectivity index (χ3n) is 3.09. The second-order valence-corrected chi connectivity index (χ2v) is 6.22. The number of guanidine groups is 1. The molecule has 1 rings (SSSR count). The van der Waals surface area contributed by atoms with Crippen LogP contribution in [0, 0.1) is 0 Å². The van der Waals surface area contributed by atoms with Crippen LogP contribution in [0.25, 0.3) is 0 Å². The molecule has 0 aromatic heterocycles. The highest BCUT2D eigenvalue weighted by Gasteiger charge is 2.15. The SMILES string of the molecule is CN=C(NCCC(=O)OC(C)(C)C)NCCN1CCOCC1.I. The van der Waals surface area contributed by atoms with Crippen molar-refractivity contribution < 1.29 is 14.3 Å². The molecule has 0 radical (unpaired) electrons. The Morgan fingerprint density at radius 3 is 2.39 bits per heavy atom. The van der Waals surface area contributed by atoms with E-state index in [4.69, 9.17) is 9.47 Å². The van der Waals surface area contributed by atoms with Gasteiger partial charge >= 0.3 is 5.97 Å². The van der Waals surface area contributed by atoms with Gasteiger partial charge in [-0.25, -0.2) is 0 Å². The monoisotopic (exact) mass is 442 g/mol. The summed E-state index contributed by atoms with van der Waals surface area (Å²) in [5.74, 6) is 0.501. The summed E-state index contributed by atoms with van der Waals surface area (Å²) in [4.78, 5) is 18.1. The van der Waals surface area contributed by atoms with Gasteiger partial charge in [0.1, 0.15) is 5.60 Å². The topological polar surface area (TPSA) is 75.2 Å². The summed E-state index contributed by atoms with van der Waals surface area (Å²) < 4.78 is 10.6. The predicted molar refractivity (Wildman–Crippen MR) is 103 cm³/mol. The Labute approximate surface area is 156 Å². The Hall–Kier alpha value is -0.610. The molecule has 0 saturated carbocycles. The fourth-order valence-electron chi connectivity index (χ4n) is 2.05. The van der Waals surface area contributed by atoms with Gasteiger partial charge in [0, 0.05) is 39.8 Å². The average Bonchev–Trinajstić information content (AvgIpc) is 2.45. The van der Waals surface area contributed by atoms with Crippen molar-refractivity contribution in [1.29, 1.82) is 0 Å². The summed E-state index contributed by atoms with van der Waals surface area (Å²) in [6.07, 6.45) is 0.321. The zero-order valence-corrected chi connectivity index (χ0v) is 17.0. The molecule has 2 N–H and O–H groups in total. The second-order valence-electron chi connectivity index (χ2n) is 6.22. The number of nitrogens with one attached hydrogen (secondary N) is 2. The van der Waals surface area contributed by atoms with E-state index >= 15 is 0 Å². The quantitative estimate of drug-likeness (QED) is 0.275. The molecule has 1 aliphatic heterocycles. The van der Waals surface area contributed by atoms with Crippen LogP contribution in [0.3, 0.4) is 0 Å². The van der Waals surface area contributed by atoms with Crippen molar-refractivity contribution in [3.05, 3.63) is 0 Å². The second kappa shape index (κ2) is 11.9. The zero-order chi connectivity index (χ0) is 16.4. The van der Waals surface area contributed by atoms with Crippen molar-refractivity contribution in [1.82, 2.24) is 15.5 Å². The first kappa shape index (κ1) is 22.4. The lowest BCUT2D eigenvalue weighted by Gasteiger charge is -2.26. The molecular weight excluding hydrogens is 411 g/mol. The lowest BCUT2D eigenvalue weighted by Crippen LogP contribution is -2.44. The molecule has 0 aromatic carbocycles. The first-order valence-electron chi connectivity index (χ1n) is 7.87. The Morgan fingerprint density at radius 2 is 1.83 bits per heavy atom. The van der Waals surface area contributed by atoms with Crippen LogP contribution in [-0.4, -0.2) is 75.4 Å². The maximum atomic E-state index is 11.6. The molecular formula is C15H31IN4O3. The number of morpholine rings is 1. The van der Waals surface area contributed by atoms with E-state index in [0.717, 1.165) is 39.4 Å². The minimum absolute atomic E-state index is 0. The maximum absolute atomic E-state index is 11.6. The minimum Gasteiger partial charge on any atom is -0.460 e. The normalized spacial score (nSPS) is 16.4. The van der Waals surface area contributed by atoms with Gasteiger partial charge in [-0.2, -0.15) is 0 Å². The van der Waals surface area contributed by atoms with Gasteiger partial charge in [0.15, 0.2) is 5.96 Å². The van der Waals surface area contributed by atoms with E-state index < -0.39 is 5.60 Å². The van der Waals surface area contributed by atoms with Crippen molar-refractivity contribution in [3.8, 4) is 0 Å². The van der Waals surface area contributed by atoms with E-state index in [1.165, 1.54) is 0 Å². The summed E-state index contributed by atoms with van der Waals surface area (Å²) in [6.45, 7) is 11.4. The molecule has 0 bridgehead atoms. The van der Waals surface area contributed by atoms with Crippen molar-refractivity contribution in [2.24, 2.45) is 4.99 Å². The fraction of sp³-hybridized carbons (Fsp3) is 0.867. The van der Waals surface area contributed by atoms with Crippen LogP contribution in [0.5, 0.6) is 0 Å². The van der Waals surface area contributed by atoms with E-state index in [-0.39, 0.29) is 29.9 Å². The van der Waals surface area contributed by atoms with Crippen LogP contribution in [-0.2, 0) is 14.3 Å². The molecule has 1 aliphatic rings. The molecule has 0 aromatic rings. The van der Waals surface area contributed by atoms with Gasteiger partial charge in [-0.15, -0.1) is 24.0 Å². The van der Waals surface area contributed by atoms with E-state index in [2.05, 4.69) is 20.5 Å². The van der Waals surface area contributed by atoms with Gasteiger partial charge in [-0.05, 0) is 20.8 Å². The molecule has 136 valence electrons. The molecule has 1 heterocycles. The summed E-state index contributed by atoms with van der Waals surface area (Å²) in [5, 5.41) is 6.36. The molecule has 1 fully saturated rings. The van der Waals surface area contributed by atoms with E-state index in [1.54, 1.807) is 7.05 Å². The molecule has 0 unspecified atom stereocenters. The number of nitrogens with zero attached hydrogens (tertiary/aromatic N) is 2. The van der Waals surface area contributed by atoms with Crippen LogP contribution < -0.4 is 10.6 Å². The smallest absolute Gasteiger partial charge is 0.308 e. The van der Waals surface area contributed by atoms with E-state index in [0.29, 0.717) is 18.9 Å². The van der Waals surface area contributed by atoms with Crippen LogP contribution in [0.4, 0.5) is 0 Å². The summed E-state index contributed by atoms with van der Waals surface area (Å²) >= 11 is 0. The highest BCUT2D eigenvalue weighted by molar-refractivity contribution is 14.0. The highest BCUT2D eigenvalue weighted by Crippen LogP contribution is 2.07. The van der Waals surface area contributed by atoms with Crippen molar-refractivity contribution in [3.63, 3.8) is 0 Å². The number of hydrogen-bond donors (Lipinski definition) is 2. The largest absolute Gasteiger partial charge is 0.460 e. The molecule has 0 aliphatic carbocycles. The van der Waals surface area contributed by atoms with Gasteiger partial charge in [0.2, 0.25) is 0 Å². The number of ether oxygens (including phenoxy) is 2. The fourth-order valence-corrected chi connectivity index (χ4v) is 2.05. The van der Waals surface area contributed by atoms with Crippen molar-refractivity contribution in [2.75, 3.05) is 53.0 Å². The Morgan fingerprint density at radius 1 is 1.22 bits per heavy atom. The van der Waals surface area contributed by atoms with Crippen molar-refractivity contribution >= 4 is 35.9 Å². The summed E-state index contributed by atoms with van der Waals surface area (Å²) in [7, 11) is 1.72. The van der Waals surface area contributed by atoms with Gasteiger partial charge in [-0.3, -0.25) is 14.7 Å². The van der Waals surface area contributed by atoms with E-state index in [1.807, 2.05) is 20.8 Å². The lowest BCUT2D eigenvalue weighted by molar-refractivity contribution is -0.154. The van der Waals surface area contributed by atoms with Crippen LogP contribution in [0.15, 0.2) is 4.99 Å². The number of carbonyl (C=O) groups is 1. The minimum atomic E-state index is -0.435. The van der Waals surface area contributed by atoms with Gasteiger partial charge in [-0.1, -0.05) is 0 Å². The summed E-state index contributed by atoms with van der Waals surface area (Å²) in [5.41, 5.74) is -0.435. The van der Waals surface area contributed by atoms with Crippen LogP contribution >= 0.6 is 24.0 Å². The van der Waals surface area contributed by atoms with Crippen LogP contribution in [0.1, 0.15) is 27.2 Å². The van der Waals surface area contributed by atoms with Crippen LogP contribution in [0.2, 0.25) is 0 Å². The van der Waals surface area contributed by atoms with Gasteiger partial charge in [0.05, 0.1) is 19.6 Å². The number of rotatable bonds is 6.